The van der Waals surface area contributed by atoms with Crippen molar-refractivity contribution in [3.8, 4) is 17.9 Å². The van der Waals surface area contributed by atoms with Crippen LogP contribution in [0.2, 0.25) is 0 Å². The highest BCUT2D eigenvalue weighted by atomic mass is 19.4. The highest BCUT2D eigenvalue weighted by Crippen LogP contribution is 2.33. The maximum absolute atomic E-state index is 12.5. The molecule has 7 heteroatoms. The number of nitrogens with zero attached hydrogens (tertiary/aromatic N) is 2. The fourth-order valence-corrected chi connectivity index (χ4v) is 1.09. The highest BCUT2D eigenvalue weighted by molar-refractivity contribution is 5.50. The minimum atomic E-state index is -4.67. The van der Waals surface area contributed by atoms with E-state index in [0.717, 1.165) is 6.07 Å². The van der Waals surface area contributed by atoms with Crippen molar-refractivity contribution >= 4 is 5.69 Å². The lowest BCUT2D eigenvalue weighted by atomic mass is 10.1. The molecule has 86 valence electrons. The first kappa shape index (κ1) is 12.5. The van der Waals surface area contributed by atoms with Crippen LogP contribution < -0.4 is 0 Å². The largest absolute Gasteiger partial charge is 0.417 e. The van der Waals surface area contributed by atoms with Crippen LogP contribution in [0.1, 0.15) is 11.1 Å². The van der Waals surface area contributed by atoms with Crippen LogP contribution >= 0.6 is 0 Å². The molecule has 0 aliphatic rings. The SMILES string of the molecule is N#CC#Cc1cc([N+](=O)[O-])ccc1C(F)(F)F. The standard InChI is InChI=1S/C10H3F3N2O2/c11-10(12,13)9-4-3-8(15(16)17)6-7(9)2-1-5-14/h3-4,6H. The molecule has 1 aromatic rings. The molecule has 17 heavy (non-hydrogen) atoms. The number of nitriles is 1. The Hall–Kier alpha value is -2.54. The van der Waals surface area contributed by atoms with E-state index in [4.69, 9.17) is 5.26 Å². The van der Waals surface area contributed by atoms with Crippen molar-refractivity contribution in [2.75, 3.05) is 0 Å². The van der Waals surface area contributed by atoms with Crippen LogP contribution in [-0.4, -0.2) is 4.92 Å². The Morgan fingerprint density at radius 3 is 2.47 bits per heavy atom. The summed E-state index contributed by atoms with van der Waals surface area (Å²) < 4.78 is 37.5. The van der Waals surface area contributed by atoms with Gasteiger partial charge < -0.3 is 0 Å². The van der Waals surface area contributed by atoms with E-state index >= 15 is 0 Å². The van der Waals surface area contributed by atoms with Gasteiger partial charge in [0.25, 0.3) is 5.69 Å². The zero-order valence-corrected chi connectivity index (χ0v) is 8.08. The molecule has 0 saturated carbocycles. The van der Waals surface area contributed by atoms with Gasteiger partial charge in [-0.3, -0.25) is 10.1 Å². The molecule has 0 aliphatic heterocycles. The normalized spacial score (nSPS) is 10.0. The summed E-state index contributed by atoms with van der Waals surface area (Å²) in [4.78, 5) is 9.56. The Labute approximate surface area is 93.4 Å². The summed E-state index contributed by atoms with van der Waals surface area (Å²) in [6.45, 7) is 0. The van der Waals surface area contributed by atoms with Crippen LogP contribution in [-0.2, 0) is 6.18 Å². The van der Waals surface area contributed by atoms with Crippen molar-refractivity contribution in [2.45, 2.75) is 6.18 Å². The Morgan fingerprint density at radius 2 is 2.00 bits per heavy atom. The molecular weight excluding hydrogens is 237 g/mol. The molecule has 1 rings (SSSR count). The van der Waals surface area contributed by atoms with Gasteiger partial charge >= 0.3 is 6.18 Å². The van der Waals surface area contributed by atoms with Crippen molar-refractivity contribution in [1.29, 1.82) is 5.26 Å². The van der Waals surface area contributed by atoms with E-state index < -0.39 is 27.9 Å². The van der Waals surface area contributed by atoms with E-state index in [9.17, 15) is 23.3 Å². The van der Waals surface area contributed by atoms with Crippen molar-refractivity contribution in [3.63, 3.8) is 0 Å². The minimum Gasteiger partial charge on any atom is -0.258 e. The molecule has 0 atom stereocenters. The van der Waals surface area contributed by atoms with Gasteiger partial charge in [0.2, 0.25) is 0 Å². The lowest BCUT2D eigenvalue weighted by molar-refractivity contribution is -0.384. The summed E-state index contributed by atoms with van der Waals surface area (Å²) in [5, 5.41) is 18.6. The van der Waals surface area contributed by atoms with Crippen LogP contribution in [0.15, 0.2) is 18.2 Å². The maximum atomic E-state index is 12.5. The lowest BCUT2D eigenvalue weighted by Gasteiger charge is -2.08. The van der Waals surface area contributed by atoms with Gasteiger partial charge in [-0.25, -0.2) is 0 Å². The van der Waals surface area contributed by atoms with Crippen molar-refractivity contribution in [2.24, 2.45) is 0 Å². The number of halogens is 3. The molecule has 0 heterocycles. The molecule has 0 spiro atoms. The minimum absolute atomic E-state index is 0.514. The predicted molar refractivity (Wildman–Crippen MR) is 50.6 cm³/mol. The fraction of sp³-hybridized carbons (Fsp3) is 0.100. The Kier molecular flexibility index (Phi) is 3.34. The number of hydrogen-bond donors (Lipinski definition) is 0. The smallest absolute Gasteiger partial charge is 0.258 e. The van der Waals surface area contributed by atoms with Crippen molar-refractivity contribution in [3.05, 3.63) is 39.4 Å². The summed E-state index contributed by atoms with van der Waals surface area (Å²) in [7, 11) is 0. The third-order valence-corrected chi connectivity index (χ3v) is 1.77. The number of nitro benzene ring substituents is 1. The van der Waals surface area contributed by atoms with Gasteiger partial charge in [0.15, 0.2) is 6.07 Å². The first-order valence-electron chi connectivity index (χ1n) is 4.12. The molecule has 0 aromatic heterocycles. The zero-order valence-electron chi connectivity index (χ0n) is 8.08. The molecular formula is C10H3F3N2O2. The number of alkyl halides is 3. The first-order valence-corrected chi connectivity index (χ1v) is 4.12. The van der Waals surface area contributed by atoms with Gasteiger partial charge in [0.05, 0.1) is 10.5 Å². The quantitative estimate of drug-likeness (QED) is 0.430. The van der Waals surface area contributed by atoms with Gasteiger partial charge in [-0.05, 0) is 12.0 Å². The van der Waals surface area contributed by atoms with Crippen LogP contribution in [0, 0.1) is 33.3 Å². The van der Waals surface area contributed by atoms with E-state index in [2.05, 4.69) is 0 Å². The first-order chi connectivity index (χ1) is 7.86. The third kappa shape index (κ3) is 2.95. The summed E-state index contributed by atoms with van der Waals surface area (Å²) in [5.41, 5.74) is -2.21. The molecule has 4 nitrogen and oxygen atoms in total. The molecule has 0 aliphatic carbocycles. The van der Waals surface area contributed by atoms with Crippen LogP contribution in [0.25, 0.3) is 0 Å². The van der Waals surface area contributed by atoms with E-state index in [0.29, 0.717) is 12.1 Å². The summed E-state index contributed by atoms with van der Waals surface area (Å²) in [5.74, 6) is 3.71. The molecule has 0 radical (unpaired) electrons. The fourth-order valence-electron chi connectivity index (χ4n) is 1.09. The van der Waals surface area contributed by atoms with Crippen LogP contribution in [0.4, 0.5) is 18.9 Å². The summed E-state index contributed by atoms with van der Waals surface area (Å²) >= 11 is 0. The topological polar surface area (TPSA) is 66.9 Å². The number of benzene rings is 1. The van der Waals surface area contributed by atoms with Gasteiger partial charge in [-0.1, -0.05) is 0 Å². The Morgan fingerprint density at radius 1 is 1.35 bits per heavy atom. The number of nitro groups is 1. The van der Waals surface area contributed by atoms with E-state index in [1.54, 1.807) is 5.92 Å². The Bertz CT molecular complexity index is 562. The second-order valence-corrected chi connectivity index (χ2v) is 2.85. The summed E-state index contributed by atoms with van der Waals surface area (Å²) in [6.07, 6.45) is -4.67. The molecule has 0 saturated heterocycles. The van der Waals surface area contributed by atoms with Crippen molar-refractivity contribution in [1.82, 2.24) is 0 Å². The van der Waals surface area contributed by atoms with Crippen LogP contribution in [0.3, 0.4) is 0 Å². The average Bonchev–Trinajstić information content (AvgIpc) is 2.24. The Balaban J connectivity index is 3.43. The van der Waals surface area contributed by atoms with E-state index in [1.165, 1.54) is 6.07 Å². The lowest BCUT2D eigenvalue weighted by Crippen LogP contribution is -2.08. The highest BCUT2D eigenvalue weighted by Gasteiger charge is 2.33. The maximum Gasteiger partial charge on any atom is 0.417 e. The second-order valence-electron chi connectivity index (χ2n) is 2.85. The average molecular weight is 240 g/mol. The molecule has 0 bridgehead atoms. The van der Waals surface area contributed by atoms with Gasteiger partial charge in [0.1, 0.15) is 0 Å². The van der Waals surface area contributed by atoms with E-state index in [-0.39, 0.29) is 0 Å². The molecule has 0 amide bonds. The van der Waals surface area contributed by atoms with Gasteiger partial charge in [-0.2, -0.15) is 18.4 Å². The molecule has 0 unspecified atom stereocenters. The molecule has 0 N–H and O–H groups in total. The predicted octanol–water partition coefficient (Wildman–Crippen LogP) is 2.49. The van der Waals surface area contributed by atoms with E-state index in [1.807, 2.05) is 5.92 Å². The summed E-state index contributed by atoms with van der Waals surface area (Å²) in [6, 6.07) is 3.34. The molecule has 0 fully saturated rings. The monoisotopic (exact) mass is 240 g/mol. The van der Waals surface area contributed by atoms with Crippen molar-refractivity contribution < 1.29 is 18.1 Å². The number of non-ortho nitro benzene ring substituents is 1. The number of hydrogen-bond acceptors (Lipinski definition) is 3. The molecule has 1 aromatic carbocycles. The number of rotatable bonds is 1. The third-order valence-electron chi connectivity index (χ3n) is 1.77. The van der Waals surface area contributed by atoms with Gasteiger partial charge in [0, 0.05) is 23.6 Å². The van der Waals surface area contributed by atoms with Crippen LogP contribution in [0.5, 0.6) is 0 Å². The zero-order chi connectivity index (χ0) is 13.1. The second kappa shape index (κ2) is 4.54. The van der Waals surface area contributed by atoms with Gasteiger partial charge in [-0.15, -0.1) is 0 Å².